The summed E-state index contributed by atoms with van der Waals surface area (Å²) in [6.45, 7) is -0.145. The number of carbonyl (C=O) groups is 1. The monoisotopic (exact) mass is 546 g/mol. The number of hydrogen-bond acceptors (Lipinski definition) is 13. The highest BCUT2D eigenvalue weighted by molar-refractivity contribution is 7.61. The average Bonchev–Trinajstić information content (AvgIpc) is 3.20. The summed E-state index contributed by atoms with van der Waals surface area (Å²) in [5, 5.41) is 39.9. The zero-order chi connectivity index (χ0) is 26.1. The maximum absolute atomic E-state index is 12.1. The molecule has 10 unspecified atom stereocenters. The first-order chi connectivity index (χ1) is 16.2. The van der Waals surface area contributed by atoms with Gasteiger partial charge in [0.2, 0.25) is 5.91 Å². The van der Waals surface area contributed by atoms with Gasteiger partial charge in [0.1, 0.15) is 36.6 Å². The minimum atomic E-state index is -5.25. The molecule has 3 rings (SSSR count). The number of phosphoric ester groups is 2. The van der Waals surface area contributed by atoms with Crippen LogP contribution in [0.5, 0.6) is 0 Å². The van der Waals surface area contributed by atoms with Gasteiger partial charge < -0.3 is 50.3 Å². The molecule has 16 nitrogen and oxygen atoms in total. The van der Waals surface area contributed by atoms with E-state index in [1.54, 1.807) is 6.08 Å². The van der Waals surface area contributed by atoms with Crippen molar-refractivity contribution in [1.29, 1.82) is 0 Å². The number of allylic oxidation sites excluding steroid dienone is 1. The third-order valence-electron chi connectivity index (χ3n) is 5.48. The Morgan fingerprint density at radius 1 is 1.03 bits per heavy atom. The molecule has 18 heteroatoms. The van der Waals surface area contributed by atoms with Crippen molar-refractivity contribution in [3.63, 3.8) is 0 Å². The van der Waals surface area contributed by atoms with E-state index in [2.05, 4.69) is 13.4 Å². The van der Waals surface area contributed by atoms with Crippen LogP contribution in [0.3, 0.4) is 0 Å². The second-order valence-corrected chi connectivity index (χ2v) is 11.1. The van der Waals surface area contributed by atoms with Crippen molar-refractivity contribution in [2.45, 2.75) is 62.3 Å². The highest BCUT2D eigenvalue weighted by atomic mass is 31.3. The highest BCUT2D eigenvalue weighted by Gasteiger charge is 2.47. The van der Waals surface area contributed by atoms with Gasteiger partial charge in [-0.25, -0.2) is 9.13 Å². The largest absolute Gasteiger partial charge is 0.481 e. The summed E-state index contributed by atoms with van der Waals surface area (Å²) in [6, 6.07) is 0. The highest BCUT2D eigenvalue weighted by Crippen LogP contribution is 2.60. The summed E-state index contributed by atoms with van der Waals surface area (Å²) >= 11 is 0. The number of nitrogens with two attached hydrogens (primary N) is 1. The van der Waals surface area contributed by atoms with Crippen LogP contribution in [-0.2, 0) is 36.8 Å². The average molecular weight is 546 g/mol. The van der Waals surface area contributed by atoms with Crippen molar-refractivity contribution < 1.29 is 67.0 Å². The molecule has 0 saturated carbocycles. The number of aliphatic hydroxyl groups is 4. The van der Waals surface area contributed by atoms with E-state index < -0.39 is 83.7 Å². The van der Waals surface area contributed by atoms with Crippen molar-refractivity contribution in [3.05, 3.63) is 24.0 Å². The molecule has 2 fully saturated rings. The van der Waals surface area contributed by atoms with E-state index in [0.29, 0.717) is 0 Å². The van der Waals surface area contributed by atoms with Crippen molar-refractivity contribution in [3.8, 4) is 0 Å². The van der Waals surface area contributed by atoms with Crippen molar-refractivity contribution in [2.75, 3.05) is 13.2 Å². The molecule has 8 N–H and O–H groups in total. The molecule has 0 bridgehead atoms. The summed E-state index contributed by atoms with van der Waals surface area (Å²) < 4.78 is 48.1. The summed E-state index contributed by atoms with van der Waals surface area (Å²) in [7, 11) is -10.5. The van der Waals surface area contributed by atoms with E-state index in [4.69, 9.17) is 15.2 Å². The van der Waals surface area contributed by atoms with Gasteiger partial charge in [0.15, 0.2) is 6.23 Å². The Labute approximate surface area is 199 Å². The Balaban J connectivity index is 1.53. The first-order valence-electron chi connectivity index (χ1n) is 10.3. The van der Waals surface area contributed by atoms with Gasteiger partial charge >= 0.3 is 15.6 Å². The summed E-state index contributed by atoms with van der Waals surface area (Å²) in [5.41, 5.74) is 5.45. The molecule has 3 heterocycles. The number of carbonyl (C=O) groups excluding carboxylic acids is 1. The Morgan fingerprint density at radius 2 is 1.57 bits per heavy atom. The third-order valence-corrected chi connectivity index (χ3v) is 8.08. The van der Waals surface area contributed by atoms with Crippen LogP contribution in [0.2, 0.25) is 0 Å². The van der Waals surface area contributed by atoms with Crippen LogP contribution in [0.4, 0.5) is 0 Å². The first kappa shape index (κ1) is 28.3. The zero-order valence-corrected chi connectivity index (χ0v) is 20.1. The van der Waals surface area contributed by atoms with E-state index in [1.165, 1.54) is 24.2 Å². The molecule has 3 aliphatic heterocycles. The van der Waals surface area contributed by atoms with Gasteiger partial charge in [0.25, 0.3) is 0 Å². The molecular formula is C17H28N2O14P2. The molecule has 0 spiro atoms. The first-order valence-corrected chi connectivity index (χ1v) is 13.3. The topological polar surface area (TPSA) is 248 Å². The molecule has 10 atom stereocenters. The number of aliphatic hydroxyl groups excluding tert-OH is 4. The van der Waals surface area contributed by atoms with Gasteiger partial charge in [-0.15, -0.1) is 0 Å². The second-order valence-electron chi connectivity index (χ2n) is 8.07. The fourth-order valence-electron chi connectivity index (χ4n) is 3.60. The molecule has 0 radical (unpaired) electrons. The fourth-order valence-corrected chi connectivity index (χ4v) is 5.69. The summed E-state index contributed by atoms with van der Waals surface area (Å²) in [6.07, 6.45) is -5.76. The maximum atomic E-state index is 12.1. The van der Waals surface area contributed by atoms with Crippen LogP contribution in [-0.4, -0.2) is 103 Å². The summed E-state index contributed by atoms with van der Waals surface area (Å²) in [4.78, 5) is 32.2. The van der Waals surface area contributed by atoms with Gasteiger partial charge in [-0.3, -0.25) is 13.8 Å². The van der Waals surface area contributed by atoms with E-state index >= 15 is 0 Å². The lowest BCUT2D eigenvalue weighted by atomic mass is 10.1. The summed E-state index contributed by atoms with van der Waals surface area (Å²) in [5.74, 6) is -0.694. The van der Waals surface area contributed by atoms with Gasteiger partial charge in [0, 0.05) is 18.0 Å². The van der Waals surface area contributed by atoms with Crippen molar-refractivity contribution in [1.82, 2.24) is 4.90 Å². The lowest BCUT2D eigenvalue weighted by Crippen LogP contribution is -2.40. The molecule has 0 aliphatic carbocycles. The van der Waals surface area contributed by atoms with Crippen LogP contribution in [0.25, 0.3) is 0 Å². The molecule has 1 amide bonds. The zero-order valence-electron chi connectivity index (χ0n) is 18.3. The predicted octanol–water partition coefficient (Wildman–Crippen LogP) is -2.22. The van der Waals surface area contributed by atoms with Gasteiger partial charge in [-0.1, -0.05) is 6.08 Å². The van der Waals surface area contributed by atoms with E-state index in [9.17, 15) is 44.1 Å². The fraction of sp³-hybridized carbons (Fsp3) is 0.706. The standard InChI is InChI=1S/C17H28N2O14P2/c1-8-12(20)13(21)10(31-8)6-29-34(25,26)33-35(27,28)30-7-11-14(22)15(23)17(32-11)19-4-2-3-9(5-19)16(18)24/h2,4-5,8,10-15,17,20-23H,3,6-7H2,1H3,(H2,18,24)(H,25,26)(H,27,28). The number of primary amides is 1. The van der Waals surface area contributed by atoms with Gasteiger partial charge in [0.05, 0.1) is 19.3 Å². The second kappa shape index (κ2) is 11.0. The maximum Gasteiger partial charge on any atom is 0.481 e. The van der Waals surface area contributed by atoms with Crippen molar-refractivity contribution >= 4 is 21.6 Å². The number of hydrogen-bond donors (Lipinski definition) is 7. The van der Waals surface area contributed by atoms with E-state index in [1.807, 2.05) is 0 Å². The van der Waals surface area contributed by atoms with Gasteiger partial charge in [-0.05, 0) is 13.3 Å². The molecular weight excluding hydrogens is 518 g/mol. The number of ether oxygens (including phenoxy) is 2. The number of rotatable bonds is 10. The molecule has 200 valence electrons. The molecule has 0 aromatic carbocycles. The Hall–Kier alpha value is -1.23. The minimum absolute atomic E-state index is 0.212. The Kier molecular flexibility index (Phi) is 8.93. The van der Waals surface area contributed by atoms with Gasteiger partial charge in [-0.2, -0.15) is 4.31 Å². The number of amides is 1. The lowest BCUT2D eigenvalue weighted by Gasteiger charge is -2.28. The predicted molar refractivity (Wildman–Crippen MR) is 113 cm³/mol. The molecule has 0 aromatic rings. The van der Waals surface area contributed by atoms with Crippen LogP contribution in [0, 0.1) is 0 Å². The smallest absolute Gasteiger partial charge is 0.388 e. The van der Waals surface area contributed by atoms with E-state index in [-0.39, 0.29) is 12.0 Å². The molecule has 3 aliphatic rings. The number of nitrogens with zero attached hydrogens (tertiary/aromatic N) is 1. The normalized spacial score (nSPS) is 38.7. The number of phosphoric acid groups is 2. The lowest BCUT2D eigenvalue weighted by molar-refractivity contribution is -0.115. The van der Waals surface area contributed by atoms with Crippen LogP contribution < -0.4 is 5.73 Å². The van der Waals surface area contributed by atoms with Crippen LogP contribution in [0.1, 0.15) is 13.3 Å². The van der Waals surface area contributed by atoms with Crippen LogP contribution >= 0.6 is 15.6 Å². The molecule has 2 saturated heterocycles. The minimum Gasteiger partial charge on any atom is -0.388 e. The quantitative estimate of drug-likeness (QED) is 0.143. The van der Waals surface area contributed by atoms with E-state index in [0.717, 1.165) is 0 Å². The van der Waals surface area contributed by atoms with Crippen molar-refractivity contribution in [2.24, 2.45) is 5.73 Å². The van der Waals surface area contributed by atoms with Crippen LogP contribution in [0.15, 0.2) is 24.0 Å². The SMILES string of the molecule is CC1OC(COP(=O)(O)OP(=O)(O)OCC2OC(N3C=CCC(C(N)=O)=C3)C(O)C2O)C(O)C1O. The molecule has 0 aromatic heterocycles. The molecule has 35 heavy (non-hydrogen) atoms. The Morgan fingerprint density at radius 3 is 2.09 bits per heavy atom. The third kappa shape index (κ3) is 6.96. The Bertz CT molecular complexity index is 946.